The van der Waals surface area contributed by atoms with Crippen molar-refractivity contribution >= 4 is 15.9 Å². The number of hydrogen-bond acceptors (Lipinski definition) is 4. The Morgan fingerprint density at radius 3 is 2.46 bits per heavy atom. The van der Waals surface area contributed by atoms with E-state index >= 15 is 0 Å². The fraction of sp³-hybridized carbons (Fsp3) is 0.381. The molecule has 0 radical (unpaired) electrons. The van der Waals surface area contributed by atoms with Gasteiger partial charge < -0.3 is 5.32 Å². The summed E-state index contributed by atoms with van der Waals surface area (Å²) in [6.45, 7) is 5.55. The molecular formula is C21H27N3O3S. The van der Waals surface area contributed by atoms with E-state index in [1.807, 2.05) is 18.2 Å². The second-order valence-corrected chi connectivity index (χ2v) is 8.73. The molecule has 1 fully saturated rings. The quantitative estimate of drug-likeness (QED) is 0.712. The predicted octanol–water partition coefficient (Wildman–Crippen LogP) is 2.51. The monoisotopic (exact) mass is 401 g/mol. The Kier molecular flexibility index (Phi) is 6.83. The maximum Gasteiger partial charge on any atom is 0.251 e. The van der Waals surface area contributed by atoms with Crippen molar-refractivity contribution in [2.75, 3.05) is 19.6 Å². The van der Waals surface area contributed by atoms with Gasteiger partial charge in [-0.05, 0) is 55.3 Å². The molecule has 0 aliphatic carbocycles. The number of benzene rings is 2. The summed E-state index contributed by atoms with van der Waals surface area (Å²) in [6.07, 6.45) is 2.48. The van der Waals surface area contributed by atoms with Crippen LogP contribution in [-0.4, -0.2) is 38.9 Å². The topological polar surface area (TPSA) is 78.5 Å². The summed E-state index contributed by atoms with van der Waals surface area (Å²) in [7, 11) is -3.59. The molecule has 0 spiro atoms. The molecule has 2 aromatic carbocycles. The fourth-order valence-corrected chi connectivity index (χ4v) is 4.51. The summed E-state index contributed by atoms with van der Waals surface area (Å²) < 4.78 is 26.7. The number of carbonyl (C=O) groups is 1. The molecule has 150 valence electrons. The highest BCUT2D eigenvalue weighted by Gasteiger charge is 2.16. The van der Waals surface area contributed by atoms with Crippen LogP contribution >= 0.6 is 0 Å². The Bertz CT molecular complexity index is 922. The van der Waals surface area contributed by atoms with Gasteiger partial charge in [0.05, 0.1) is 4.90 Å². The molecule has 7 heteroatoms. The van der Waals surface area contributed by atoms with Crippen LogP contribution in [0.5, 0.6) is 0 Å². The van der Waals surface area contributed by atoms with Crippen molar-refractivity contribution in [3.8, 4) is 0 Å². The van der Waals surface area contributed by atoms with Crippen LogP contribution in [0.1, 0.15) is 41.3 Å². The molecule has 1 heterocycles. The lowest BCUT2D eigenvalue weighted by Crippen LogP contribution is -2.26. The van der Waals surface area contributed by atoms with Gasteiger partial charge in [0.25, 0.3) is 5.91 Å². The van der Waals surface area contributed by atoms with Crippen LogP contribution in [0.3, 0.4) is 0 Å². The van der Waals surface area contributed by atoms with E-state index in [2.05, 4.69) is 21.0 Å². The summed E-state index contributed by atoms with van der Waals surface area (Å²) in [5, 5.41) is 2.92. The molecule has 0 unspecified atom stereocenters. The first-order valence-electron chi connectivity index (χ1n) is 9.66. The van der Waals surface area contributed by atoms with Crippen LogP contribution in [0.4, 0.5) is 0 Å². The molecule has 0 atom stereocenters. The maximum absolute atomic E-state index is 12.6. The largest absolute Gasteiger partial charge is 0.348 e. The van der Waals surface area contributed by atoms with E-state index in [-0.39, 0.29) is 10.8 Å². The van der Waals surface area contributed by atoms with Gasteiger partial charge in [0.1, 0.15) is 0 Å². The number of nitrogens with one attached hydrogen (secondary N) is 2. The van der Waals surface area contributed by atoms with E-state index in [1.54, 1.807) is 19.1 Å². The molecule has 1 aliphatic heterocycles. The maximum atomic E-state index is 12.6. The average molecular weight is 402 g/mol. The molecule has 28 heavy (non-hydrogen) atoms. The second kappa shape index (κ2) is 9.32. The molecule has 0 aromatic heterocycles. The van der Waals surface area contributed by atoms with E-state index < -0.39 is 10.0 Å². The molecular weight excluding hydrogens is 374 g/mol. The van der Waals surface area contributed by atoms with Crippen molar-refractivity contribution < 1.29 is 13.2 Å². The van der Waals surface area contributed by atoms with E-state index in [0.29, 0.717) is 18.7 Å². The molecule has 1 amide bonds. The number of likely N-dealkylation sites (tertiary alicyclic amines) is 1. The number of nitrogens with zero attached hydrogens (tertiary/aromatic N) is 1. The van der Waals surface area contributed by atoms with Gasteiger partial charge in [0, 0.05) is 25.2 Å². The smallest absolute Gasteiger partial charge is 0.251 e. The van der Waals surface area contributed by atoms with Crippen LogP contribution < -0.4 is 10.0 Å². The van der Waals surface area contributed by atoms with Gasteiger partial charge >= 0.3 is 0 Å². The first kappa shape index (κ1) is 20.5. The normalized spacial score (nSPS) is 14.9. The number of sulfonamides is 1. The summed E-state index contributed by atoms with van der Waals surface area (Å²) in [4.78, 5) is 15.1. The van der Waals surface area contributed by atoms with Gasteiger partial charge in [0.15, 0.2) is 0 Å². The highest BCUT2D eigenvalue weighted by molar-refractivity contribution is 7.89. The van der Waals surface area contributed by atoms with Crippen LogP contribution in [0.15, 0.2) is 53.4 Å². The van der Waals surface area contributed by atoms with Gasteiger partial charge in [-0.3, -0.25) is 9.69 Å². The van der Waals surface area contributed by atoms with Crippen molar-refractivity contribution in [2.24, 2.45) is 0 Å². The van der Waals surface area contributed by atoms with Gasteiger partial charge in [-0.25, -0.2) is 13.1 Å². The van der Waals surface area contributed by atoms with Crippen molar-refractivity contribution in [2.45, 2.75) is 37.8 Å². The minimum absolute atomic E-state index is 0.0939. The van der Waals surface area contributed by atoms with E-state index in [9.17, 15) is 13.2 Å². The van der Waals surface area contributed by atoms with Gasteiger partial charge in [-0.2, -0.15) is 0 Å². The first-order valence-corrected chi connectivity index (χ1v) is 11.1. The lowest BCUT2D eigenvalue weighted by atomic mass is 10.1. The zero-order valence-corrected chi connectivity index (χ0v) is 17.0. The molecule has 1 aliphatic rings. The van der Waals surface area contributed by atoms with Crippen LogP contribution in [0.25, 0.3) is 0 Å². The summed E-state index contributed by atoms with van der Waals surface area (Å²) in [6, 6.07) is 14.2. The van der Waals surface area contributed by atoms with E-state index in [0.717, 1.165) is 25.2 Å². The molecule has 3 rings (SSSR count). The summed E-state index contributed by atoms with van der Waals surface area (Å²) in [5.41, 5.74) is 2.63. The van der Waals surface area contributed by atoms with Crippen molar-refractivity contribution in [1.82, 2.24) is 14.9 Å². The Balaban J connectivity index is 1.68. The SMILES string of the molecule is CCNS(=O)(=O)c1cccc(C(=O)NCc2ccccc2CN2CCCC2)c1. The Morgan fingerprint density at radius 1 is 1.04 bits per heavy atom. The average Bonchev–Trinajstić information content (AvgIpc) is 3.20. The van der Waals surface area contributed by atoms with Crippen LogP contribution in [0.2, 0.25) is 0 Å². The third-order valence-electron chi connectivity index (χ3n) is 4.89. The Hall–Kier alpha value is -2.22. The first-order chi connectivity index (χ1) is 13.5. The minimum Gasteiger partial charge on any atom is -0.348 e. The number of amides is 1. The van der Waals surface area contributed by atoms with Crippen molar-refractivity contribution in [3.05, 3.63) is 65.2 Å². The fourth-order valence-electron chi connectivity index (χ4n) is 3.42. The molecule has 6 nitrogen and oxygen atoms in total. The van der Waals surface area contributed by atoms with E-state index in [4.69, 9.17) is 0 Å². The summed E-state index contributed by atoms with van der Waals surface area (Å²) >= 11 is 0. The van der Waals surface area contributed by atoms with E-state index in [1.165, 1.54) is 30.5 Å². The summed E-state index contributed by atoms with van der Waals surface area (Å²) in [5.74, 6) is -0.287. The van der Waals surface area contributed by atoms with Crippen molar-refractivity contribution in [3.63, 3.8) is 0 Å². The molecule has 2 aromatic rings. The molecule has 1 saturated heterocycles. The minimum atomic E-state index is -3.59. The lowest BCUT2D eigenvalue weighted by Gasteiger charge is -2.17. The van der Waals surface area contributed by atoms with Gasteiger partial charge in [0.2, 0.25) is 10.0 Å². The third kappa shape index (κ3) is 5.19. The second-order valence-electron chi connectivity index (χ2n) is 6.96. The van der Waals surface area contributed by atoms with Gasteiger partial charge in [-0.15, -0.1) is 0 Å². The standard InChI is InChI=1S/C21H27N3O3S/c1-2-23-28(26,27)20-11-7-10-17(14-20)21(25)22-15-18-8-3-4-9-19(18)16-24-12-5-6-13-24/h3-4,7-11,14,23H,2,5-6,12-13,15-16H2,1H3,(H,22,25). The van der Waals surface area contributed by atoms with Crippen LogP contribution in [0, 0.1) is 0 Å². The molecule has 0 bridgehead atoms. The zero-order chi connectivity index (χ0) is 20.0. The van der Waals surface area contributed by atoms with Crippen LogP contribution in [-0.2, 0) is 23.1 Å². The Morgan fingerprint density at radius 2 is 1.75 bits per heavy atom. The highest BCUT2D eigenvalue weighted by atomic mass is 32.2. The molecule has 0 saturated carbocycles. The van der Waals surface area contributed by atoms with Gasteiger partial charge in [-0.1, -0.05) is 37.3 Å². The highest BCUT2D eigenvalue weighted by Crippen LogP contribution is 2.17. The zero-order valence-electron chi connectivity index (χ0n) is 16.1. The lowest BCUT2D eigenvalue weighted by molar-refractivity contribution is 0.0950. The number of carbonyl (C=O) groups excluding carboxylic acids is 1. The third-order valence-corrected chi connectivity index (χ3v) is 6.43. The number of hydrogen-bond donors (Lipinski definition) is 2. The number of rotatable bonds is 8. The van der Waals surface area contributed by atoms with Crippen molar-refractivity contribution in [1.29, 1.82) is 0 Å². The Labute approximate surface area is 167 Å². The molecule has 2 N–H and O–H groups in total. The predicted molar refractivity (Wildman–Crippen MR) is 109 cm³/mol.